The number of hydrogen-bond donors (Lipinski definition) is 1. The largest absolute Gasteiger partial charge is 0.249 e. The van der Waals surface area contributed by atoms with Gasteiger partial charge in [0, 0.05) is 9.80 Å². The molecule has 4 aromatic rings. The summed E-state index contributed by atoms with van der Waals surface area (Å²) in [6.45, 7) is 4.00. The van der Waals surface area contributed by atoms with E-state index in [1.165, 1.54) is 0 Å². The highest BCUT2D eigenvalue weighted by molar-refractivity contribution is 7.89. The van der Waals surface area contributed by atoms with Gasteiger partial charge in [-0.25, -0.2) is 13.1 Å². The maximum atomic E-state index is 13.9. The van der Waals surface area contributed by atoms with Gasteiger partial charge in [0.25, 0.3) is 0 Å². The highest BCUT2D eigenvalue weighted by Gasteiger charge is 2.25. The van der Waals surface area contributed by atoms with Gasteiger partial charge >= 0.3 is 0 Å². The van der Waals surface area contributed by atoms with Crippen molar-refractivity contribution < 1.29 is 8.42 Å². The molecule has 0 heterocycles. The molecule has 0 bridgehead atoms. The predicted octanol–water partition coefficient (Wildman–Crippen LogP) is 6.51. The number of rotatable bonds is 8. The molecule has 0 saturated carbocycles. The molecule has 0 aliphatic heterocycles. The molecule has 4 rings (SSSR count). The van der Waals surface area contributed by atoms with Crippen molar-refractivity contribution in [3.63, 3.8) is 0 Å². The van der Waals surface area contributed by atoms with Crippen LogP contribution in [0.3, 0.4) is 0 Å². The molecule has 0 saturated heterocycles. The average Bonchev–Trinajstić information content (AvgIpc) is 2.87. The molecule has 0 radical (unpaired) electrons. The summed E-state index contributed by atoms with van der Waals surface area (Å²) in [6, 6.07) is 34.3. The first kappa shape index (κ1) is 24.0. The monoisotopic (exact) mass is 485 g/mol. The Morgan fingerprint density at radius 1 is 0.676 bits per heavy atom. The van der Waals surface area contributed by atoms with E-state index in [0.717, 1.165) is 22.3 Å². The second-order valence-corrected chi connectivity index (χ2v) is 10.8. The Morgan fingerprint density at radius 2 is 1.18 bits per heavy atom. The van der Waals surface area contributed by atoms with Crippen molar-refractivity contribution in [1.29, 1.82) is 0 Å². The van der Waals surface area contributed by atoms with Crippen molar-refractivity contribution in [3.8, 4) is 0 Å². The zero-order valence-corrected chi connectivity index (χ0v) is 20.8. The molecule has 0 aliphatic rings. The molecule has 0 fully saturated rings. The quantitative estimate of drug-likeness (QED) is 0.309. The second kappa shape index (κ2) is 11.3. The van der Waals surface area contributed by atoms with E-state index in [1.807, 2.05) is 129 Å². The summed E-state index contributed by atoms with van der Waals surface area (Å²) in [5.41, 5.74) is 4.03. The molecule has 172 valence electrons. The summed E-state index contributed by atoms with van der Waals surface area (Å²) >= 11 is 0. The lowest BCUT2D eigenvalue weighted by atomic mass is 10.1. The molecule has 3 nitrogen and oxygen atoms in total. The third-order valence-corrected chi connectivity index (χ3v) is 8.07. The number of hydrogen-bond acceptors (Lipinski definition) is 2. The Balaban J connectivity index is 1.81. The molecule has 1 unspecified atom stereocenters. The number of nitrogens with one attached hydrogen (secondary N) is 1. The van der Waals surface area contributed by atoms with E-state index in [1.54, 1.807) is 0 Å². The lowest BCUT2D eigenvalue weighted by Crippen LogP contribution is -2.27. The van der Waals surface area contributed by atoms with E-state index in [-0.39, 0.29) is 0 Å². The smallest absolute Gasteiger partial charge is 0.125 e. The Kier molecular flexibility index (Phi) is 8.01. The van der Waals surface area contributed by atoms with Gasteiger partial charge in [0.15, 0.2) is 0 Å². The predicted molar refractivity (Wildman–Crippen MR) is 142 cm³/mol. The SMILES string of the molecule is Cc1ccc([S@](=O)/C(=C/c2ccccc2)C(N[S@](=O)c2ccc(C)cc2)c2ccccc2)cc1. The van der Waals surface area contributed by atoms with E-state index >= 15 is 0 Å². The number of aryl methyl sites for hydroxylation is 2. The fourth-order valence-electron chi connectivity index (χ4n) is 3.53. The van der Waals surface area contributed by atoms with Gasteiger partial charge in [-0.05, 0) is 55.3 Å². The maximum Gasteiger partial charge on any atom is 0.125 e. The van der Waals surface area contributed by atoms with Crippen LogP contribution in [0.15, 0.2) is 124 Å². The van der Waals surface area contributed by atoms with Gasteiger partial charge in [0.1, 0.15) is 11.0 Å². The van der Waals surface area contributed by atoms with Gasteiger partial charge in [0.2, 0.25) is 0 Å². The average molecular weight is 486 g/mol. The van der Waals surface area contributed by atoms with Crippen LogP contribution in [0.2, 0.25) is 0 Å². The van der Waals surface area contributed by atoms with Crippen molar-refractivity contribution in [2.45, 2.75) is 29.7 Å². The van der Waals surface area contributed by atoms with Crippen molar-refractivity contribution in [2.75, 3.05) is 0 Å². The van der Waals surface area contributed by atoms with Crippen LogP contribution in [-0.2, 0) is 21.8 Å². The van der Waals surface area contributed by atoms with Crippen LogP contribution in [0.5, 0.6) is 0 Å². The molecule has 0 aromatic heterocycles. The minimum absolute atomic E-state index is 0.523. The minimum atomic E-state index is -1.50. The Bertz CT molecular complexity index is 1300. The van der Waals surface area contributed by atoms with Crippen LogP contribution in [0.4, 0.5) is 0 Å². The van der Waals surface area contributed by atoms with Crippen LogP contribution >= 0.6 is 0 Å². The molecule has 0 aliphatic carbocycles. The van der Waals surface area contributed by atoms with Crippen LogP contribution < -0.4 is 4.72 Å². The Labute approximate surface area is 206 Å². The second-order valence-electron chi connectivity index (χ2n) is 8.08. The van der Waals surface area contributed by atoms with E-state index < -0.39 is 27.8 Å². The molecule has 1 N–H and O–H groups in total. The molecule has 3 atom stereocenters. The van der Waals surface area contributed by atoms with E-state index in [0.29, 0.717) is 14.7 Å². The molecule has 5 heteroatoms. The topological polar surface area (TPSA) is 46.2 Å². The lowest BCUT2D eigenvalue weighted by Gasteiger charge is -2.22. The summed E-state index contributed by atoms with van der Waals surface area (Å²) in [6.07, 6.45) is 1.94. The van der Waals surface area contributed by atoms with Gasteiger partial charge in [-0.3, -0.25) is 0 Å². The first-order valence-corrected chi connectivity index (χ1v) is 13.4. The lowest BCUT2D eigenvalue weighted by molar-refractivity contribution is 0.659. The fraction of sp³-hybridized carbons (Fsp3) is 0.103. The fourth-order valence-corrected chi connectivity index (χ4v) is 5.91. The molecule has 0 spiro atoms. The highest BCUT2D eigenvalue weighted by atomic mass is 32.2. The maximum absolute atomic E-state index is 13.9. The van der Waals surface area contributed by atoms with Gasteiger partial charge in [-0.15, -0.1) is 0 Å². The van der Waals surface area contributed by atoms with Crippen molar-refractivity contribution >= 4 is 27.9 Å². The Hall–Kier alpha value is -3.12. The van der Waals surface area contributed by atoms with E-state index in [4.69, 9.17) is 0 Å². The first-order chi connectivity index (χ1) is 16.5. The molecular formula is C29H27NO2S2. The summed E-state index contributed by atoms with van der Waals surface area (Å²) in [4.78, 5) is 2.02. The summed E-state index contributed by atoms with van der Waals surface area (Å²) in [5.74, 6) is 0. The van der Waals surface area contributed by atoms with Crippen LogP contribution in [0.25, 0.3) is 6.08 Å². The third-order valence-electron chi connectivity index (χ3n) is 5.44. The summed E-state index contributed by atoms with van der Waals surface area (Å²) in [5, 5.41) is 0. The molecular weight excluding hydrogens is 458 g/mol. The van der Waals surface area contributed by atoms with Crippen molar-refractivity contribution in [3.05, 3.63) is 136 Å². The van der Waals surface area contributed by atoms with Gasteiger partial charge in [0.05, 0.1) is 21.7 Å². The van der Waals surface area contributed by atoms with Crippen LogP contribution in [0, 0.1) is 13.8 Å². The van der Waals surface area contributed by atoms with Gasteiger partial charge in [-0.1, -0.05) is 96.1 Å². The van der Waals surface area contributed by atoms with Crippen molar-refractivity contribution in [1.82, 2.24) is 4.72 Å². The van der Waals surface area contributed by atoms with Gasteiger partial charge < -0.3 is 0 Å². The first-order valence-electron chi connectivity index (χ1n) is 11.1. The van der Waals surface area contributed by atoms with E-state index in [9.17, 15) is 8.42 Å². The van der Waals surface area contributed by atoms with Crippen LogP contribution in [-0.4, -0.2) is 8.42 Å². The van der Waals surface area contributed by atoms with Crippen LogP contribution in [0.1, 0.15) is 28.3 Å². The molecule has 34 heavy (non-hydrogen) atoms. The highest BCUT2D eigenvalue weighted by Crippen LogP contribution is 2.31. The third kappa shape index (κ3) is 6.06. The number of benzene rings is 4. The zero-order valence-electron chi connectivity index (χ0n) is 19.2. The zero-order chi connectivity index (χ0) is 23.9. The van der Waals surface area contributed by atoms with Crippen molar-refractivity contribution in [2.24, 2.45) is 0 Å². The minimum Gasteiger partial charge on any atom is -0.249 e. The normalized spacial score (nSPS) is 14.4. The van der Waals surface area contributed by atoms with E-state index in [2.05, 4.69) is 4.72 Å². The Morgan fingerprint density at radius 3 is 1.74 bits per heavy atom. The summed E-state index contributed by atoms with van der Waals surface area (Å²) in [7, 11) is -2.98. The van der Waals surface area contributed by atoms with Gasteiger partial charge in [-0.2, -0.15) is 0 Å². The molecule has 4 aromatic carbocycles. The molecule has 0 amide bonds. The summed E-state index contributed by atoms with van der Waals surface area (Å²) < 4.78 is 30.6. The standard InChI is InChI=1S/C29H27NO2S2/c1-22-13-17-26(18-14-22)33(31)28(21-24-9-5-3-6-10-24)29(25-11-7-4-8-12-25)30-34(32)27-19-15-23(2)16-20-27/h3-21,29-30H,1-2H3/b28-21+/t29?,33-,34+/m0/s1.